The molecule has 3 N–H and O–H groups in total. The lowest BCUT2D eigenvalue weighted by atomic mass is 9.99. The molecule has 0 bridgehead atoms. The van der Waals surface area contributed by atoms with Crippen LogP contribution >= 0.6 is 0 Å². The number of anilines is 1. The third-order valence-corrected chi connectivity index (χ3v) is 3.84. The average molecular weight is 354 g/mol. The molecular weight excluding hydrogens is 339 g/mol. The number of ether oxygens (including phenoxy) is 1. The minimum Gasteiger partial charge on any atom is -0.495 e. The highest BCUT2D eigenvalue weighted by Crippen LogP contribution is 2.37. The number of halogens is 1. The van der Waals surface area contributed by atoms with Crippen molar-refractivity contribution in [2.24, 2.45) is 0 Å². The molecule has 1 aliphatic rings. The second-order valence-electron chi connectivity index (χ2n) is 5.51. The van der Waals surface area contributed by atoms with Gasteiger partial charge in [0.15, 0.2) is 0 Å². The number of nitrogens with one attached hydrogen (secondary N) is 2. The second-order valence-corrected chi connectivity index (χ2v) is 5.51. The number of amides is 1. The normalized spacial score (nSPS) is 13.8. The molecule has 3 rings (SSSR count). The summed E-state index contributed by atoms with van der Waals surface area (Å²) >= 11 is 0. The van der Waals surface area contributed by atoms with E-state index >= 15 is 0 Å². The van der Waals surface area contributed by atoms with Gasteiger partial charge in [0.2, 0.25) is 0 Å². The van der Waals surface area contributed by atoms with Crippen LogP contribution in [0.25, 0.3) is 11.6 Å². The molecule has 0 atom stereocenters. The number of rotatable bonds is 4. The zero-order valence-corrected chi connectivity index (χ0v) is 13.9. The van der Waals surface area contributed by atoms with Gasteiger partial charge in [0.05, 0.1) is 36.0 Å². The fourth-order valence-corrected chi connectivity index (χ4v) is 2.65. The first-order valence-electron chi connectivity index (χ1n) is 7.79. The van der Waals surface area contributed by atoms with Crippen LogP contribution in [-0.2, 0) is 9.59 Å². The smallest absolute Gasteiger partial charge is 0.304 e. The third kappa shape index (κ3) is 3.30. The largest absolute Gasteiger partial charge is 0.495 e. The van der Waals surface area contributed by atoms with Crippen molar-refractivity contribution in [2.45, 2.75) is 12.8 Å². The van der Waals surface area contributed by atoms with Gasteiger partial charge >= 0.3 is 5.97 Å². The number of hydrogen-bond acceptors (Lipinski definition) is 3. The number of carboxylic acid groups (broad SMARTS) is 1. The Labute approximate surface area is 148 Å². The maximum Gasteiger partial charge on any atom is 0.304 e. The topological polar surface area (TPSA) is 91.4 Å². The summed E-state index contributed by atoms with van der Waals surface area (Å²) in [6.07, 6.45) is 3.19. The fourth-order valence-electron chi connectivity index (χ4n) is 2.65. The zero-order valence-electron chi connectivity index (χ0n) is 13.9. The molecule has 6 nitrogen and oxygen atoms in total. The number of methoxy groups -OCH3 is 1. The molecule has 132 valence electrons. The maximum atomic E-state index is 14.3. The van der Waals surface area contributed by atoms with Crippen LogP contribution in [-0.4, -0.2) is 29.1 Å². The van der Waals surface area contributed by atoms with E-state index < -0.39 is 11.8 Å². The Bertz CT molecular complexity index is 979. The molecule has 2 heterocycles. The van der Waals surface area contributed by atoms with E-state index in [1.807, 2.05) is 0 Å². The molecule has 0 saturated carbocycles. The molecule has 26 heavy (non-hydrogen) atoms. The van der Waals surface area contributed by atoms with E-state index in [0.29, 0.717) is 22.7 Å². The van der Waals surface area contributed by atoms with E-state index in [9.17, 15) is 14.0 Å². The van der Waals surface area contributed by atoms with E-state index in [2.05, 4.69) is 22.1 Å². The van der Waals surface area contributed by atoms with Crippen molar-refractivity contribution in [1.29, 1.82) is 0 Å². The summed E-state index contributed by atoms with van der Waals surface area (Å²) in [7, 11) is 1.51. The van der Waals surface area contributed by atoms with Gasteiger partial charge in [-0.1, -0.05) is 11.8 Å². The molecule has 1 aromatic carbocycles. The van der Waals surface area contributed by atoms with Crippen LogP contribution < -0.4 is 10.1 Å². The van der Waals surface area contributed by atoms with Crippen molar-refractivity contribution in [2.75, 3.05) is 12.4 Å². The summed E-state index contributed by atoms with van der Waals surface area (Å²) in [5.41, 5.74) is 1.69. The van der Waals surface area contributed by atoms with Crippen LogP contribution in [0, 0.1) is 17.7 Å². The van der Waals surface area contributed by atoms with Crippen LogP contribution in [0.3, 0.4) is 0 Å². The number of carbonyl (C=O) groups excluding carboxylic acids is 1. The van der Waals surface area contributed by atoms with Crippen LogP contribution in [0.5, 0.6) is 5.75 Å². The molecule has 0 fully saturated rings. The van der Waals surface area contributed by atoms with Crippen molar-refractivity contribution in [3.05, 3.63) is 47.0 Å². The number of carbonyl (C=O) groups is 2. The van der Waals surface area contributed by atoms with Crippen LogP contribution in [0.1, 0.15) is 29.7 Å². The SMILES string of the molecule is COc1cc[nH]c1/C=C1\C(=O)Nc2ccc(F)c(C#CCCC(=O)O)c21. The van der Waals surface area contributed by atoms with Crippen molar-refractivity contribution in [3.63, 3.8) is 0 Å². The first-order valence-corrected chi connectivity index (χ1v) is 7.79. The van der Waals surface area contributed by atoms with Gasteiger partial charge in [-0.15, -0.1) is 0 Å². The van der Waals surface area contributed by atoms with Gasteiger partial charge in [0.1, 0.15) is 11.6 Å². The minimum absolute atomic E-state index is 0.0583. The summed E-state index contributed by atoms with van der Waals surface area (Å²) in [6.45, 7) is 0. The number of fused-ring (bicyclic) bond motifs is 1. The molecule has 1 amide bonds. The lowest BCUT2D eigenvalue weighted by molar-refractivity contribution is -0.136. The summed E-state index contributed by atoms with van der Waals surface area (Å²) in [6, 6.07) is 4.40. The predicted molar refractivity (Wildman–Crippen MR) is 94.0 cm³/mol. The molecule has 0 unspecified atom stereocenters. The number of aromatic nitrogens is 1. The Morgan fingerprint density at radius 3 is 2.92 bits per heavy atom. The Hall–Kier alpha value is -3.53. The molecule has 0 aliphatic carbocycles. The number of aromatic amines is 1. The molecule has 0 saturated heterocycles. The van der Waals surface area contributed by atoms with Gasteiger partial charge in [-0.25, -0.2) is 4.39 Å². The molecule has 2 aromatic rings. The van der Waals surface area contributed by atoms with Gasteiger partial charge < -0.3 is 20.1 Å². The van der Waals surface area contributed by atoms with E-state index in [4.69, 9.17) is 9.84 Å². The number of benzene rings is 1. The third-order valence-electron chi connectivity index (χ3n) is 3.84. The number of aliphatic carboxylic acids is 1. The molecule has 7 heteroatoms. The van der Waals surface area contributed by atoms with Crippen molar-refractivity contribution in [1.82, 2.24) is 4.98 Å². The highest BCUT2D eigenvalue weighted by molar-refractivity contribution is 6.35. The van der Waals surface area contributed by atoms with Crippen molar-refractivity contribution in [3.8, 4) is 17.6 Å². The Balaban J connectivity index is 2.07. The molecule has 1 aliphatic heterocycles. The first-order chi connectivity index (χ1) is 12.5. The highest BCUT2D eigenvalue weighted by Gasteiger charge is 2.28. The van der Waals surface area contributed by atoms with Crippen molar-refractivity contribution >= 4 is 29.2 Å². The van der Waals surface area contributed by atoms with Gasteiger partial charge in [0, 0.05) is 18.2 Å². The minimum atomic E-state index is -0.977. The van der Waals surface area contributed by atoms with Crippen LogP contribution in [0.4, 0.5) is 10.1 Å². The number of H-pyrrole nitrogens is 1. The van der Waals surface area contributed by atoms with Gasteiger partial charge in [-0.3, -0.25) is 9.59 Å². The van der Waals surface area contributed by atoms with Gasteiger partial charge in [-0.05, 0) is 24.3 Å². The summed E-state index contributed by atoms with van der Waals surface area (Å²) in [5, 5.41) is 11.4. The number of carboxylic acids is 1. The van der Waals surface area contributed by atoms with Gasteiger partial charge in [-0.2, -0.15) is 0 Å². The van der Waals surface area contributed by atoms with Crippen LogP contribution in [0.15, 0.2) is 24.4 Å². The summed E-state index contributed by atoms with van der Waals surface area (Å²) in [5.74, 6) is 3.93. The maximum absolute atomic E-state index is 14.3. The highest BCUT2D eigenvalue weighted by atomic mass is 19.1. The standard InChI is InChI=1S/C19H15FN2O4/c1-26-16-8-9-21-15(16)10-12-18-11(4-2-3-5-17(23)24)13(20)6-7-14(18)22-19(12)25/h6-10,21H,3,5H2,1H3,(H,22,25)(H,23,24)/b12-10-. The molecule has 0 radical (unpaired) electrons. The van der Waals surface area contributed by atoms with Crippen LogP contribution in [0.2, 0.25) is 0 Å². The Morgan fingerprint density at radius 1 is 1.38 bits per heavy atom. The monoisotopic (exact) mass is 354 g/mol. The lowest BCUT2D eigenvalue weighted by Gasteiger charge is -2.04. The molecule has 1 aromatic heterocycles. The summed E-state index contributed by atoms with van der Waals surface area (Å²) in [4.78, 5) is 25.9. The van der Waals surface area contributed by atoms with Gasteiger partial charge in [0.25, 0.3) is 5.91 Å². The van der Waals surface area contributed by atoms with E-state index in [1.165, 1.54) is 19.2 Å². The van der Waals surface area contributed by atoms with Crippen molar-refractivity contribution < 1.29 is 23.8 Å². The van der Waals surface area contributed by atoms with E-state index in [-0.39, 0.29) is 29.9 Å². The van der Waals surface area contributed by atoms with E-state index in [1.54, 1.807) is 18.3 Å². The summed E-state index contributed by atoms with van der Waals surface area (Å²) < 4.78 is 19.5. The number of hydrogen-bond donors (Lipinski definition) is 3. The zero-order chi connectivity index (χ0) is 18.7. The quantitative estimate of drug-likeness (QED) is 0.582. The molecule has 0 spiro atoms. The lowest BCUT2D eigenvalue weighted by Crippen LogP contribution is -2.03. The molecular formula is C19H15FN2O4. The Morgan fingerprint density at radius 2 is 2.19 bits per heavy atom. The van der Waals surface area contributed by atoms with E-state index in [0.717, 1.165) is 0 Å². The fraction of sp³-hybridized carbons (Fsp3) is 0.158. The Kier molecular flexibility index (Phi) is 4.76. The predicted octanol–water partition coefficient (Wildman–Crippen LogP) is 2.87. The first kappa shape index (κ1) is 17.3. The average Bonchev–Trinajstić information content (AvgIpc) is 3.18. The second kappa shape index (κ2) is 7.15.